The number of methoxy groups -OCH3 is 1. The van der Waals surface area contributed by atoms with Crippen LogP contribution in [0.4, 0.5) is 5.69 Å². The number of benzene rings is 1. The molecule has 1 aromatic rings. The lowest BCUT2D eigenvalue weighted by molar-refractivity contribution is -0.155. The average Bonchev–Trinajstić information content (AvgIpc) is 2.38. The lowest BCUT2D eigenvalue weighted by Gasteiger charge is -2.24. The van der Waals surface area contributed by atoms with E-state index in [0.29, 0.717) is 17.9 Å². The van der Waals surface area contributed by atoms with Crippen LogP contribution in [0.1, 0.15) is 32.8 Å². The van der Waals surface area contributed by atoms with Gasteiger partial charge in [0.1, 0.15) is 11.4 Å². The molecule has 128 valence electrons. The number of esters is 1. The highest BCUT2D eigenvalue weighted by atomic mass is 16.6. The van der Waals surface area contributed by atoms with Gasteiger partial charge < -0.3 is 25.5 Å². The molecule has 7 heteroatoms. The van der Waals surface area contributed by atoms with Crippen LogP contribution in [0.15, 0.2) is 18.2 Å². The third-order valence-corrected chi connectivity index (χ3v) is 3.13. The van der Waals surface area contributed by atoms with E-state index in [1.807, 2.05) is 26.8 Å². The van der Waals surface area contributed by atoms with E-state index in [1.165, 1.54) is 0 Å². The Morgan fingerprint density at radius 3 is 2.61 bits per heavy atom. The number of nitrogens with one attached hydrogen (secondary N) is 1. The normalized spacial score (nSPS) is 12.6. The van der Waals surface area contributed by atoms with Crippen LogP contribution in [0, 0.1) is 0 Å². The van der Waals surface area contributed by atoms with E-state index in [9.17, 15) is 9.82 Å². The van der Waals surface area contributed by atoms with Crippen LogP contribution >= 0.6 is 0 Å². The Labute approximate surface area is 138 Å². The molecule has 6 nitrogen and oxygen atoms in total. The lowest BCUT2D eigenvalue weighted by atomic mass is 9.85. The number of rotatable bonds is 7. The van der Waals surface area contributed by atoms with Gasteiger partial charge in [-0.15, -0.1) is 0 Å². The predicted octanol–water partition coefficient (Wildman–Crippen LogP) is 1.62. The summed E-state index contributed by atoms with van der Waals surface area (Å²) in [6.45, 7) is 7.07. The molecule has 0 unspecified atom stereocenters. The molecule has 0 aliphatic carbocycles. The van der Waals surface area contributed by atoms with Crippen molar-refractivity contribution in [1.82, 2.24) is 5.23 Å². The Kier molecular flexibility index (Phi) is 6.90. The fraction of sp³-hybridized carbons (Fsp3) is 0.562. The second-order valence-electron chi connectivity index (χ2n) is 6.60. The number of ether oxygens (including phenoxy) is 2. The highest BCUT2D eigenvalue weighted by Crippen LogP contribution is 2.22. The molecule has 0 saturated carbocycles. The maximum Gasteiger partial charge on any atom is 0.373 e. The van der Waals surface area contributed by atoms with Gasteiger partial charge in [0.25, 0.3) is 0 Å². The van der Waals surface area contributed by atoms with Crippen LogP contribution in [-0.2, 0) is 16.0 Å². The molecule has 0 aliphatic heterocycles. The van der Waals surface area contributed by atoms with Crippen LogP contribution in [0.25, 0.3) is 0 Å². The quantitative estimate of drug-likeness (QED) is 0.401. The monoisotopic (exact) mass is 322 g/mol. The molecule has 0 bridgehead atoms. The van der Waals surface area contributed by atoms with Crippen molar-refractivity contribution in [1.29, 1.82) is 0 Å². The van der Waals surface area contributed by atoms with Gasteiger partial charge in [-0.05, 0) is 57.8 Å². The van der Waals surface area contributed by atoms with Gasteiger partial charge in [-0.2, -0.15) is 0 Å². The Morgan fingerprint density at radius 2 is 2.09 bits per heavy atom. The number of hydrogen-bond acceptors (Lipinski definition) is 6. The zero-order valence-corrected chi connectivity index (χ0v) is 14.6. The number of carbonyl (C=O) groups is 1. The summed E-state index contributed by atoms with van der Waals surface area (Å²) in [7, 11) is 0.843. The van der Waals surface area contributed by atoms with Gasteiger partial charge in [0.05, 0.1) is 13.5 Å². The third-order valence-electron chi connectivity index (χ3n) is 3.13. The van der Waals surface area contributed by atoms with Gasteiger partial charge in [-0.1, -0.05) is 0 Å². The molecule has 0 aromatic heterocycles. The minimum absolute atomic E-state index is 0.138. The maximum atomic E-state index is 12.0. The van der Waals surface area contributed by atoms with Gasteiger partial charge in [0.15, 0.2) is 0 Å². The van der Waals surface area contributed by atoms with E-state index in [0.717, 1.165) is 5.56 Å². The molecule has 23 heavy (non-hydrogen) atoms. The second-order valence-corrected chi connectivity index (χ2v) is 6.60. The minimum Gasteiger partial charge on any atom is -0.497 e. The van der Waals surface area contributed by atoms with Crippen molar-refractivity contribution in [2.75, 3.05) is 12.8 Å². The first-order chi connectivity index (χ1) is 10.6. The third kappa shape index (κ3) is 7.39. The van der Waals surface area contributed by atoms with Gasteiger partial charge in [0, 0.05) is 11.7 Å². The van der Waals surface area contributed by atoms with E-state index < -0.39 is 12.7 Å². The first kappa shape index (κ1) is 19.3. The molecule has 0 heterocycles. The van der Waals surface area contributed by atoms with Crippen LogP contribution in [-0.4, -0.2) is 36.8 Å². The topological polar surface area (TPSA) is 93.8 Å². The zero-order valence-electron chi connectivity index (χ0n) is 14.6. The van der Waals surface area contributed by atoms with Crippen molar-refractivity contribution >= 4 is 18.7 Å². The zero-order chi connectivity index (χ0) is 17.6. The highest BCUT2D eigenvalue weighted by molar-refractivity contribution is 6.45. The maximum absolute atomic E-state index is 12.0. The first-order valence-electron chi connectivity index (χ1n) is 7.69. The van der Waals surface area contributed by atoms with Crippen molar-refractivity contribution in [2.24, 2.45) is 0 Å². The number of carbonyl (C=O) groups excluding carboxylic acids is 1. The first-order valence-corrected chi connectivity index (χ1v) is 7.69. The molecular weight excluding hydrogens is 295 g/mol. The Hall–Kier alpha value is -1.73. The van der Waals surface area contributed by atoms with Crippen molar-refractivity contribution in [3.8, 4) is 5.75 Å². The smallest absolute Gasteiger partial charge is 0.373 e. The molecule has 0 spiro atoms. The Bertz CT molecular complexity index is 529. The van der Waals surface area contributed by atoms with Crippen LogP contribution in [0.2, 0.25) is 6.82 Å². The number of anilines is 1. The molecule has 0 saturated heterocycles. The molecule has 0 fully saturated rings. The summed E-state index contributed by atoms with van der Waals surface area (Å²) in [6.07, 6.45) is 0.617. The van der Waals surface area contributed by atoms with E-state index in [2.05, 4.69) is 5.23 Å². The average molecular weight is 322 g/mol. The van der Waals surface area contributed by atoms with Gasteiger partial charge >= 0.3 is 13.0 Å². The van der Waals surface area contributed by atoms with E-state index >= 15 is 0 Å². The summed E-state index contributed by atoms with van der Waals surface area (Å²) in [4.78, 5) is 12.0. The predicted molar refractivity (Wildman–Crippen MR) is 92.3 cm³/mol. The van der Waals surface area contributed by atoms with Crippen molar-refractivity contribution in [3.63, 3.8) is 0 Å². The van der Waals surface area contributed by atoms with E-state index in [4.69, 9.17) is 15.2 Å². The van der Waals surface area contributed by atoms with Crippen LogP contribution in [0.5, 0.6) is 5.75 Å². The molecule has 0 amide bonds. The second kappa shape index (κ2) is 8.22. The molecule has 1 rings (SSSR count). The summed E-state index contributed by atoms with van der Waals surface area (Å²) in [5.41, 5.74) is 6.92. The summed E-state index contributed by atoms with van der Waals surface area (Å²) in [5, 5.41) is 12.6. The Morgan fingerprint density at radius 1 is 1.43 bits per heavy atom. The highest BCUT2D eigenvalue weighted by Gasteiger charge is 2.23. The van der Waals surface area contributed by atoms with E-state index in [-0.39, 0.29) is 18.4 Å². The molecule has 0 aliphatic rings. The van der Waals surface area contributed by atoms with E-state index in [1.54, 1.807) is 26.1 Å². The van der Waals surface area contributed by atoms with Crippen molar-refractivity contribution in [2.45, 2.75) is 52.1 Å². The van der Waals surface area contributed by atoms with Crippen LogP contribution < -0.4 is 15.7 Å². The molecule has 1 atom stereocenters. The SMILES string of the molecule is COc1ccc(N)c(C[C@@H](CC(=O)OC(C)(C)C)NB(C)O)c1. The molecule has 4 N–H and O–H groups in total. The lowest BCUT2D eigenvalue weighted by Crippen LogP contribution is -2.43. The van der Waals surface area contributed by atoms with Crippen LogP contribution in [0.3, 0.4) is 0 Å². The largest absolute Gasteiger partial charge is 0.497 e. The number of nitrogen functional groups attached to an aromatic ring is 1. The fourth-order valence-corrected chi connectivity index (χ4v) is 2.27. The van der Waals surface area contributed by atoms with Gasteiger partial charge in [-0.25, -0.2) is 0 Å². The number of hydrogen-bond donors (Lipinski definition) is 3. The van der Waals surface area contributed by atoms with Crippen molar-refractivity contribution in [3.05, 3.63) is 23.8 Å². The summed E-state index contributed by atoms with van der Waals surface area (Å²) >= 11 is 0. The molecule has 1 aromatic carbocycles. The fourth-order valence-electron chi connectivity index (χ4n) is 2.27. The number of nitrogens with two attached hydrogens (primary N) is 1. The minimum atomic E-state index is -0.741. The summed E-state index contributed by atoms with van der Waals surface area (Å²) < 4.78 is 10.5. The Balaban J connectivity index is 2.84. The molecule has 0 radical (unpaired) electrons. The van der Waals surface area contributed by atoms with Gasteiger partial charge in [0.2, 0.25) is 0 Å². The molecular formula is C16H27BN2O4. The summed E-state index contributed by atoms with van der Waals surface area (Å²) in [6, 6.07) is 5.09. The standard InChI is InChI=1S/C16H27BN2O4/c1-16(2,3)23-15(20)10-12(19-17(4)21)8-11-9-13(22-5)6-7-14(11)18/h6-7,9,12,19,21H,8,10,18H2,1-5H3/t12-/m0/s1. The van der Waals surface area contributed by atoms with Gasteiger partial charge in [-0.3, -0.25) is 4.79 Å². The summed E-state index contributed by atoms with van der Waals surface area (Å²) in [5.74, 6) is 0.374. The van der Waals surface area contributed by atoms with Crippen molar-refractivity contribution < 1.29 is 19.3 Å².